The lowest BCUT2D eigenvalue weighted by Crippen LogP contribution is -2.13. The lowest BCUT2D eigenvalue weighted by Gasteiger charge is -2.10. The molecular formula is C50H58N8O6. The van der Waals surface area contributed by atoms with E-state index in [9.17, 15) is 0 Å². The molecule has 3 aromatic carbocycles. The third kappa shape index (κ3) is 11.7. The van der Waals surface area contributed by atoms with Crippen molar-refractivity contribution in [1.82, 2.24) is 40.0 Å². The van der Waals surface area contributed by atoms with Gasteiger partial charge in [-0.3, -0.25) is 0 Å². The molecular weight excluding hydrogens is 809 g/mol. The quantitative estimate of drug-likeness (QED) is 0.0423. The molecule has 0 saturated heterocycles. The van der Waals surface area contributed by atoms with Crippen LogP contribution in [0.4, 0.5) is 0 Å². The van der Waals surface area contributed by atoms with E-state index in [1.807, 2.05) is 70.0 Å². The van der Waals surface area contributed by atoms with E-state index in [0.29, 0.717) is 91.0 Å². The van der Waals surface area contributed by atoms with E-state index < -0.39 is 0 Å². The molecule has 4 heterocycles. The van der Waals surface area contributed by atoms with Gasteiger partial charge in [0, 0.05) is 46.1 Å². The van der Waals surface area contributed by atoms with Crippen LogP contribution in [0.1, 0.15) is 74.6 Å². The molecule has 0 aliphatic heterocycles. The van der Waals surface area contributed by atoms with E-state index in [-0.39, 0.29) is 0 Å². The molecule has 0 atom stereocenters. The van der Waals surface area contributed by atoms with Gasteiger partial charge in [-0.1, -0.05) is 60.4 Å². The monoisotopic (exact) mass is 866 g/mol. The standard InChI is InChI=1S/C50H58N8O6/c1-2-6-37(5-1)47-35-57(55-53-47)23-25-59-27-29-61-31-33-63-43-17-11-39(12-18-43)45-21-15-41-9-10-42-16-22-46(52-50(42)49(41)51-45)40-13-19-44(20-14-40)64-34-32-62-30-28-60-26-24-58-36-48(54-56-58)38-7-3-4-8-38/h9-22,35-38H,1-8,23-34H2. The second-order valence-corrected chi connectivity index (χ2v) is 16.6. The van der Waals surface area contributed by atoms with E-state index >= 15 is 0 Å². The molecule has 0 amide bonds. The Balaban J connectivity index is 0.683. The highest BCUT2D eigenvalue weighted by Crippen LogP contribution is 2.34. The van der Waals surface area contributed by atoms with Gasteiger partial charge in [-0.25, -0.2) is 19.3 Å². The minimum Gasteiger partial charge on any atom is -0.491 e. The van der Waals surface area contributed by atoms with Gasteiger partial charge in [0.15, 0.2) is 0 Å². The second-order valence-electron chi connectivity index (χ2n) is 16.6. The maximum atomic E-state index is 5.95. The number of hydrogen-bond acceptors (Lipinski definition) is 12. The van der Waals surface area contributed by atoms with E-state index in [4.69, 9.17) is 38.4 Å². The average molecular weight is 867 g/mol. The van der Waals surface area contributed by atoms with Gasteiger partial charge in [-0.05, 0) is 86.3 Å². The van der Waals surface area contributed by atoms with Gasteiger partial charge in [-0.15, -0.1) is 10.2 Å². The zero-order chi connectivity index (χ0) is 43.2. The molecule has 0 bridgehead atoms. The van der Waals surface area contributed by atoms with Gasteiger partial charge in [0.1, 0.15) is 24.7 Å². The minimum atomic E-state index is 0.450. The zero-order valence-electron chi connectivity index (χ0n) is 36.6. The summed E-state index contributed by atoms with van der Waals surface area (Å²) in [6.45, 7) is 6.47. The molecule has 334 valence electrons. The summed E-state index contributed by atoms with van der Waals surface area (Å²) in [5, 5.41) is 19.3. The van der Waals surface area contributed by atoms with E-state index in [1.165, 1.54) is 51.4 Å². The third-order valence-corrected chi connectivity index (χ3v) is 12.1. The number of benzene rings is 3. The Morgan fingerprint density at radius 2 is 0.797 bits per heavy atom. The van der Waals surface area contributed by atoms with Crippen molar-refractivity contribution in [3.8, 4) is 34.0 Å². The van der Waals surface area contributed by atoms with Crippen molar-refractivity contribution in [2.45, 2.75) is 76.3 Å². The predicted molar refractivity (Wildman–Crippen MR) is 245 cm³/mol. The van der Waals surface area contributed by atoms with Gasteiger partial charge in [0.2, 0.25) is 0 Å². The first-order chi connectivity index (χ1) is 31.7. The number of pyridine rings is 2. The number of nitrogens with zero attached hydrogens (tertiary/aromatic N) is 8. The normalized spacial score (nSPS) is 14.6. The lowest BCUT2D eigenvalue weighted by atomic mass is 10.1. The van der Waals surface area contributed by atoms with Crippen LogP contribution < -0.4 is 9.47 Å². The van der Waals surface area contributed by atoms with Crippen LogP contribution in [0.15, 0.2) is 97.3 Å². The minimum absolute atomic E-state index is 0.450. The van der Waals surface area contributed by atoms with Crippen LogP contribution in [0.3, 0.4) is 0 Å². The second kappa shape index (κ2) is 22.2. The number of rotatable bonds is 24. The Labute approximate surface area is 374 Å². The van der Waals surface area contributed by atoms with Crippen LogP contribution in [-0.2, 0) is 32.0 Å². The fourth-order valence-corrected chi connectivity index (χ4v) is 8.59. The van der Waals surface area contributed by atoms with E-state index in [0.717, 1.165) is 67.2 Å². The van der Waals surface area contributed by atoms with Crippen LogP contribution in [-0.4, -0.2) is 106 Å². The highest BCUT2D eigenvalue weighted by atomic mass is 16.5. The highest BCUT2D eigenvalue weighted by Gasteiger charge is 2.21. The van der Waals surface area contributed by atoms with Crippen molar-refractivity contribution in [2.24, 2.45) is 0 Å². The van der Waals surface area contributed by atoms with Crippen LogP contribution in [0, 0.1) is 0 Å². The fourth-order valence-electron chi connectivity index (χ4n) is 8.59. The van der Waals surface area contributed by atoms with Crippen LogP contribution in [0.25, 0.3) is 44.3 Å². The first-order valence-electron chi connectivity index (χ1n) is 23.0. The van der Waals surface area contributed by atoms with Gasteiger partial charge in [0.25, 0.3) is 0 Å². The van der Waals surface area contributed by atoms with Crippen LogP contribution >= 0.6 is 0 Å². The van der Waals surface area contributed by atoms with Crippen molar-refractivity contribution < 1.29 is 28.4 Å². The van der Waals surface area contributed by atoms with Crippen LogP contribution in [0.2, 0.25) is 0 Å². The van der Waals surface area contributed by atoms with Gasteiger partial charge in [0.05, 0.1) is 99.8 Å². The molecule has 7 aromatic rings. The maximum Gasteiger partial charge on any atom is 0.119 e. The van der Waals surface area contributed by atoms with Crippen molar-refractivity contribution in [3.05, 3.63) is 109 Å². The first kappa shape index (κ1) is 43.5. The Hall–Kier alpha value is -5.80. The summed E-state index contributed by atoms with van der Waals surface area (Å²) in [6, 6.07) is 28.5. The first-order valence-corrected chi connectivity index (χ1v) is 23.0. The third-order valence-electron chi connectivity index (χ3n) is 12.1. The fraction of sp³-hybridized carbons (Fsp3) is 0.440. The molecule has 0 unspecified atom stereocenters. The zero-order valence-corrected chi connectivity index (χ0v) is 36.6. The van der Waals surface area contributed by atoms with Crippen LogP contribution in [0.5, 0.6) is 11.5 Å². The number of aromatic nitrogens is 8. The van der Waals surface area contributed by atoms with Gasteiger partial charge >= 0.3 is 0 Å². The topological polar surface area (TPSA) is 143 Å². The molecule has 2 aliphatic carbocycles. The SMILES string of the molecule is c1cc(-c2ccc3ccc4ccc(-c5ccc(OCCOCCOCCn6cc(C7CCCC7)nn6)cc5)nc4c3n2)ccc1OCCOCCOCCn1cc(C2CCCC2)nn1. The van der Waals surface area contributed by atoms with Crippen molar-refractivity contribution in [3.63, 3.8) is 0 Å². The Bertz CT molecular complexity index is 2340. The number of ether oxygens (including phenoxy) is 6. The summed E-state index contributed by atoms with van der Waals surface area (Å²) >= 11 is 0. The smallest absolute Gasteiger partial charge is 0.119 e. The van der Waals surface area contributed by atoms with Crippen molar-refractivity contribution in [1.29, 1.82) is 0 Å². The molecule has 14 heteroatoms. The van der Waals surface area contributed by atoms with E-state index in [1.54, 1.807) is 0 Å². The molecule has 14 nitrogen and oxygen atoms in total. The van der Waals surface area contributed by atoms with Gasteiger partial charge < -0.3 is 28.4 Å². The van der Waals surface area contributed by atoms with Crippen molar-refractivity contribution >= 4 is 21.8 Å². The summed E-state index contributed by atoms with van der Waals surface area (Å²) in [5.41, 5.74) is 7.69. The van der Waals surface area contributed by atoms with Gasteiger partial charge in [-0.2, -0.15) is 0 Å². The summed E-state index contributed by atoms with van der Waals surface area (Å²) in [6.07, 6.45) is 14.2. The Morgan fingerprint density at radius 3 is 1.22 bits per heavy atom. The van der Waals surface area contributed by atoms with Crippen molar-refractivity contribution in [2.75, 3.05) is 66.1 Å². The molecule has 0 spiro atoms. The molecule has 9 rings (SSSR count). The number of hydrogen-bond donors (Lipinski definition) is 0. The van der Waals surface area contributed by atoms with E-state index in [2.05, 4.69) is 57.3 Å². The Morgan fingerprint density at radius 1 is 0.422 bits per heavy atom. The molecule has 2 aliphatic rings. The largest absolute Gasteiger partial charge is 0.491 e. The molecule has 2 fully saturated rings. The Kier molecular flexibility index (Phi) is 15.1. The summed E-state index contributed by atoms with van der Waals surface area (Å²) in [7, 11) is 0. The maximum absolute atomic E-state index is 5.95. The molecule has 64 heavy (non-hydrogen) atoms. The number of fused-ring (bicyclic) bond motifs is 3. The molecule has 4 aromatic heterocycles. The average Bonchev–Trinajstić information content (AvgIpc) is 4.20. The molecule has 2 saturated carbocycles. The molecule has 0 radical (unpaired) electrons. The summed E-state index contributed by atoms with van der Waals surface area (Å²) in [5.74, 6) is 2.71. The molecule has 0 N–H and O–H groups in total. The summed E-state index contributed by atoms with van der Waals surface area (Å²) < 4.78 is 38.6. The lowest BCUT2D eigenvalue weighted by molar-refractivity contribution is 0.0333. The summed E-state index contributed by atoms with van der Waals surface area (Å²) in [4.78, 5) is 10.2. The predicted octanol–water partition coefficient (Wildman–Crippen LogP) is 8.84. The highest BCUT2D eigenvalue weighted by molar-refractivity contribution is 6.04.